The summed E-state index contributed by atoms with van der Waals surface area (Å²) in [5.74, 6) is -0.613. The molecule has 4 aromatic rings. The van der Waals surface area contributed by atoms with Crippen LogP contribution in [0.25, 0.3) is 22.2 Å². The van der Waals surface area contributed by atoms with E-state index in [9.17, 15) is 24.3 Å². The van der Waals surface area contributed by atoms with E-state index in [1.165, 1.54) is 19.3 Å². The average molecular weight is 965 g/mol. The summed E-state index contributed by atoms with van der Waals surface area (Å²) in [7, 11) is 0. The molecule has 6 rings (SSSR count). The fourth-order valence-corrected chi connectivity index (χ4v) is 10.1. The number of aromatic nitrogens is 3. The standard InChI is InChI=1S/C41H49Cl2IN7O6P/c1-23(35-30(42)19-45-20-31(35)43)57-27-9-11-33-29(17-27)36(49-51(33)58-44)25-8-10-28(32(16-25)47-24(2)52)38(55)46-22-41(13-6-7-14-41)18-34(54)48-37(40(3,4)5)39(56)50-15-12-26(53)21-50/h8-11,16-17,19-20,23,26,37,53,58H,6-7,12-15,18,21-22H2,1-5H3,(H,46,55)(H,47,52)(H,48,54)/t23-,26?,37-/m1/s1. The van der Waals surface area contributed by atoms with Crippen molar-refractivity contribution in [3.63, 3.8) is 0 Å². The predicted molar refractivity (Wildman–Crippen MR) is 237 cm³/mol. The van der Waals surface area contributed by atoms with Gasteiger partial charge in [0.2, 0.25) is 17.7 Å². The Labute approximate surface area is 363 Å². The number of nitrogens with one attached hydrogen (secondary N) is 3. The number of β-amino-alcohol motifs (C(OH)–C–C–N with tert-alkyl or cyclic N) is 1. The minimum Gasteiger partial charge on any atom is -0.486 e. The number of carbonyl (C=O) groups is 4. The number of aliphatic hydroxyl groups is 1. The number of carbonyl (C=O) groups excluding carboxylic acids is 4. The molecule has 2 unspecified atom stereocenters. The van der Waals surface area contributed by atoms with Gasteiger partial charge in [-0.05, 0) is 89.4 Å². The zero-order chi connectivity index (χ0) is 41.9. The van der Waals surface area contributed by atoms with E-state index in [2.05, 4.69) is 43.0 Å². The molecule has 2 aromatic carbocycles. The van der Waals surface area contributed by atoms with Crippen molar-refractivity contribution in [3.05, 3.63) is 70.0 Å². The van der Waals surface area contributed by atoms with Crippen molar-refractivity contribution in [1.82, 2.24) is 30.1 Å². The number of amides is 4. The Bertz CT molecular complexity index is 2190. The monoisotopic (exact) mass is 963 g/mol. The Hall–Kier alpha value is -3.56. The zero-order valence-electron chi connectivity index (χ0n) is 33.1. The summed E-state index contributed by atoms with van der Waals surface area (Å²) >= 11 is 15.1. The molecule has 4 N–H and O–H groups in total. The number of likely N-dealkylation sites (tertiary alicyclic amines) is 1. The number of rotatable bonds is 13. The maximum atomic E-state index is 13.9. The minimum atomic E-state index is -0.758. The number of hydrogen-bond acceptors (Lipinski definition) is 8. The first-order valence-corrected chi connectivity index (χ1v) is 24.1. The molecule has 4 atom stereocenters. The maximum Gasteiger partial charge on any atom is 0.253 e. The number of pyridine rings is 1. The minimum absolute atomic E-state index is 0.146. The van der Waals surface area contributed by atoms with Gasteiger partial charge in [-0.2, -0.15) is 5.10 Å². The van der Waals surface area contributed by atoms with Gasteiger partial charge in [0, 0.05) is 61.9 Å². The summed E-state index contributed by atoms with van der Waals surface area (Å²) in [4.78, 5) is 59.2. The van der Waals surface area contributed by atoms with Crippen LogP contribution in [0, 0.1) is 10.8 Å². The summed E-state index contributed by atoms with van der Waals surface area (Å²) in [6.07, 6.45) is 6.28. The highest BCUT2D eigenvalue weighted by atomic mass is 127. The second-order valence-electron chi connectivity index (χ2n) is 16.4. The maximum absolute atomic E-state index is 13.9. The number of nitrogens with zero attached hydrogens (tertiary/aromatic N) is 4. The van der Waals surface area contributed by atoms with E-state index < -0.39 is 29.1 Å². The zero-order valence-corrected chi connectivity index (χ0v) is 37.8. The Kier molecular flexibility index (Phi) is 13.9. The Balaban J connectivity index is 1.21. The first kappa shape index (κ1) is 44.0. The number of ether oxygens (including phenoxy) is 1. The SMILES string of the molecule is CC(=O)Nc1cc(-c2nn(PI)c3ccc(O[C@H](C)c4c(Cl)cncc4Cl)cc23)ccc1C(=O)NCC1(CC(=O)N[C@H](C(=O)N2CCC(O)C2)C(C)(C)C)CCCC1. The van der Waals surface area contributed by atoms with Crippen LogP contribution in [-0.4, -0.2) is 80.0 Å². The van der Waals surface area contributed by atoms with Crippen LogP contribution in [0.2, 0.25) is 10.0 Å². The molecule has 1 aliphatic heterocycles. The molecule has 2 fully saturated rings. The predicted octanol–water partition coefficient (Wildman–Crippen LogP) is 8.10. The van der Waals surface area contributed by atoms with Crippen LogP contribution in [0.5, 0.6) is 5.75 Å². The summed E-state index contributed by atoms with van der Waals surface area (Å²) in [6, 6.07) is 10.2. The van der Waals surface area contributed by atoms with Gasteiger partial charge in [0.1, 0.15) is 23.6 Å². The van der Waals surface area contributed by atoms with Gasteiger partial charge in [-0.15, -0.1) is 0 Å². The van der Waals surface area contributed by atoms with Crippen molar-refractivity contribution >= 4 is 91.8 Å². The molecule has 2 aromatic heterocycles. The lowest BCUT2D eigenvalue weighted by Crippen LogP contribution is -2.55. The normalized spacial score (nSPS) is 17.7. The van der Waals surface area contributed by atoms with Gasteiger partial charge in [0.15, 0.2) is 0 Å². The molecule has 3 heterocycles. The van der Waals surface area contributed by atoms with Crippen molar-refractivity contribution in [1.29, 1.82) is 0 Å². The van der Waals surface area contributed by atoms with Crippen LogP contribution in [0.15, 0.2) is 48.8 Å². The van der Waals surface area contributed by atoms with E-state index in [1.807, 2.05) is 50.3 Å². The van der Waals surface area contributed by atoms with E-state index in [4.69, 9.17) is 33.0 Å². The van der Waals surface area contributed by atoms with Crippen LogP contribution >= 0.6 is 51.6 Å². The van der Waals surface area contributed by atoms with Crippen molar-refractivity contribution in [2.45, 2.75) is 91.4 Å². The fourth-order valence-electron chi connectivity index (χ4n) is 7.93. The third-order valence-corrected chi connectivity index (χ3v) is 13.4. The molecule has 0 radical (unpaired) electrons. The van der Waals surface area contributed by atoms with E-state index in [-0.39, 0.29) is 48.7 Å². The van der Waals surface area contributed by atoms with Crippen LogP contribution in [0.4, 0.5) is 5.69 Å². The molecule has 17 heteroatoms. The Morgan fingerprint density at radius 1 is 1.09 bits per heavy atom. The molecular formula is C41H49Cl2IN7O6P. The van der Waals surface area contributed by atoms with Gasteiger partial charge in [0.05, 0.1) is 39.3 Å². The highest BCUT2D eigenvalue weighted by Crippen LogP contribution is 2.42. The summed E-state index contributed by atoms with van der Waals surface area (Å²) in [5, 5.41) is 25.5. The Morgan fingerprint density at radius 2 is 1.79 bits per heavy atom. The van der Waals surface area contributed by atoms with Crippen LogP contribution < -0.4 is 20.7 Å². The summed E-state index contributed by atoms with van der Waals surface area (Å²) in [5.41, 5.74) is 2.36. The molecule has 13 nitrogen and oxygen atoms in total. The number of benzene rings is 2. The number of aliphatic hydroxyl groups excluding tert-OH is 1. The first-order chi connectivity index (χ1) is 27.5. The van der Waals surface area contributed by atoms with Crippen molar-refractivity contribution in [3.8, 4) is 17.0 Å². The number of halogens is 3. The highest BCUT2D eigenvalue weighted by molar-refractivity contribution is 14.2. The van der Waals surface area contributed by atoms with Crippen molar-refractivity contribution in [2.75, 3.05) is 25.0 Å². The third kappa shape index (κ3) is 10.1. The van der Waals surface area contributed by atoms with Crippen LogP contribution in [0.3, 0.4) is 0 Å². The quantitative estimate of drug-likeness (QED) is 0.0771. The van der Waals surface area contributed by atoms with Gasteiger partial charge < -0.3 is 30.7 Å². The third-order valence-electron chi connectivity index (χ3n) is 10.9. The molecule has 310 valence electrons. The molecule has 4 amide bonds. The van der Waals surface area contributed by atoms with Crippen molar-refractivity contribution in [2.24, 2.45) is 10.8 Å². The molecule has 58 heavy (non-hydrogen) atoms. The van der Waals surface area contributed by atoms with Gasteiger partial charge in [0.25, 0.3) is 5.91 Å². The number of anilines is 1. The molecule has 2 aliphatic rings. The van der Waals surface area contributed by atoms with Gasteiger partial charge in [-0.3, -0.25) is 24.2 Å². The lowest BCUT2D eigenvalue weighted by Gasteiger charge is -2.35. The summed E-state index contributed by atoms with van der Waals surface area (Å²) in [6.45, 7) is 9.93. The van der Waals surface area contributed by atoms with E-state index in [0.717, 1.165) is 36.6 Å². The van der Waals surface area contributed by atoms with E-state index in [1.54, 1.807) is 23.1 Å². The van der Waals surface area contributed by atoms with Crippen LogP contribution in [-0.2, 0) is 14.4 Å². The fraction of sp³-hybridized carbons (Fsp3) is 0.463. The molecule has 1 saturated carbocycles. The van der Waals surface area contributed by atoms with E-state index >= 15 is 0 Å². The highest BCUT2D eigenvalue weighted by Gasteiger charge is 2.41. The average Bonchev–Trinajstić information content (AvgIpc) is 3.90. The van der Waals surface area contributed by atoms with Crippen molar-refractivity contribution < 1.29 is 29.0 Å². The molecule has 0 bridgehead atoms. The number of fused-ring (bicyclic) bond motifs is 1. The second kappa shape index (κ2) is 18.4. The Morgan fingerprint density at radius 3 is 2.41 bits per heavy atom. The lowest BCUT2D eigenvalue weighted by atomic mass is 9.81. The molecule has 0 spiro atoms. The van der Waals surface area contributed by atoms with Gasteiger partial charge in [-0.25, -0.2) is 4.45 Å². The summed E-state index contributed by atoms with van der Waals surface area (Å²) < 4.78 is 8.20. The van der Waals surface area contributed by atoms with E-state index in [0.29, 0.717) is 57.6 Å². The topological polar surface area (TPSA) is 168 Å². The van der Waals surface area contributed by atoms with Gasteiger partial charge in [-0.1, -0.05) is 62.9 Å². The molecule has 1 saturated heterocycles. The molecular weight excluding hydrogens is 915 g/mol. The van der Waals surface area contributed by atoms with Crippen LogP contribution in [0.1, 0.15) is 95.2 Å². The number of hydrogen-bond donors (Lipinski definition) is 4. The second-order valence-corrected chi connectivity index (χ2v) is 19.3. The lowest BCUT2D eigenvalue weighted by molar-refractivity contribution is -0.139. The largest absolute Gasteiger partial charge is 0.486 e. The smallest absolute Gasteiger partial charge is 0.253 e. The molecule has 1 aliphatic carbocycles. The first-order valence-electron chi connectivity index (χ1n) is 19.3. The van der Waals surface area contributed by atoms with Gasteiger partial charge >= 0.3 is 0 Å².